The largest absolute Gasteiger partial charge is 0.478 e. The van der Waals surface area contributed by atoms with Gasteiger partial charge in [0.15, 0.2) is 17.3 Å². The zero-order valence-corrected chi connectivity index (χ0v) is 11.5. The summed E-state index contributed by atoms with van der Waals surface area (Å²) >= 11 is 0. The van der Waals surface area contributed by atoms with Crippen LogP contribution in [0.3, 0.4) is 0 Å². The van der Waals surface area contributed by atoms with Gasteiger partial charge < -0.3 is 26.1 Å². The van der Waals surface area contributed by atoms with Crippen LogP contribution < -0.4 is 11.5 Å². The molecule has 1 aromatic carbocycles. The van der Waals surface area contributed by atoms with Crippen LogP contribution in [0.2, 0.25) is 0 Å². The molecule has 0 unspecified atom stereocenters. The highest BCUT2D eigenvalue weighted by molar-refractivity contribution is 6.06. The Kier molecular flexibility index (Phi) is 3.10. The Morgan fingerprint density at radius 1 is 1.00 bits per heavy atom. The molecule has 9 heteroatoms. The number of benzene rings is 1. The van der Waals surface area contributed by atoms with Gasteiger partial charge in [0.1, 0.15) is 16.8 Å². The molecule has 0 radical (unpaired) electrons. The molecule has 0 aliphatic rings. The normalized spacial score (nSPS) is 10.8. The smallest absolute Gasteiger partial charge is 0.358 e. The van der Waals surface area contributed by atoms with E-state index in [1.807, 2.05) is 0 Å². The third kappa shape index (κ3) is 2.20. The minimum absolute atomic E-state index is 0.0181. The van der Waals surface area contributed by atoms with E-state index in [-0.39, 0.29) is 28.5 Å². The second-order valence-electron chi connectivity index (χ2n) is 4.63. The molecule has 0 atom stereocenters. The maximum atomic E-state index is 11.2. The van der Waals surface area contributed by atoms with Crippen LogP contribution in [-0.4, -0.2) is 32.1 Å². The number of furan rings is 1. The highest BCUT2D eigenvalue weighted by atomic mass is 16.4. The molecular formula is C14H10N4O5. The maximum absolute atomic E-state index is 11.2. The molecule has 0 saturated carbocycles. The lowest BCUT2D eigenvalue weighted by Crippen LogP contribution is -2.11. The number of aromatic nitrogens is 2. The van der Waals surface area contributed by atoms with Gasteiger partial charge in [-0.25, -0.2) is 19.6 Å². The molecule has 3 aromatic rings. The number of carbonyl (C=O) groups is 2. The molecule has 9 nitrogen and oxygen atoms in total. The van der Waals surface area contributed by atoms with Crippen LogP contribution in [0.1, 0.15) is 20.8 Å². The molecule has 6 N–H and O–H groups in total. The zero-order chi connectivity index (χ0) is 16.7. The number of carboxylic acid groups (broad SMARTS) is 2. The number of anilines is 2. The molecule has 0 aliphatic carbocycles. The van der Waals surface area contributed by atoms with E-state index in [1.54, 1.807) is 6.07 Å². The lowest BCUT2D eigenvalue weighted by molar-refractivity contribution is 0.0683. The van der Waals surface area contributed by atoms with Gasteiger partial charge in [0.2, 0.25) is 0 Å². The van der Waals surface area contributed by atoms with E-state index in [4.69, 9.17) is 26.1 Å². The Labute approximate surface area is 128 Å². The van der Waals surface area contributed by atoms with Crippen molar-refractivity contribution in [3.05, 3.63) is 35.7 Å². The zero-order valence-electron chi connectivity index (χ0n) is 11.5. The molecule has 2 aromatic heterocycles. The third-order valence-electron chi connectivity index (χ3n) is 3.25. The molecule has 116 valence electrons. The Balaban J connectivity index is 2.28. The Hall–Kier alpha value is -3.62. The first-order valence-corrected chi connectivity index (χ1v) is 6.30. The van der Waals surface area contributed by atoms with Gasteiger partial charge in [-0.2, -0.15) is 0 Å². The summed E-state index contributed by atoms with van der Waals surface area (Å²) in [6.45, 7) is 0. The van der Waals surface area contributed by atoms with E-state index in [0.29, 0.717) is 10.9 Å². The number of nitrogens with two attached hydrogens (primary N) is 2. The fourth-order valence-electron chi connectivity index (χ4n) is 2.25. The molecule has 2 heterocycles. The Morgan fingerprint density at radius 2 is 1.74 bits per heavy atom. The minimum Gasteiger partial charge on any atom is -0.478 e. The Bertz CT molecular complexity index is 963. The van der Waals surface area contributed by atoms with Crippen LogP contribution >= 0.6 is 0 Å². The van der Waals surface area contributed by atoms with E-state index in [2.05, 4.69) is 9.97 Å². The van der Waals surface area contributed by atoms with Crippen molar-refractivity contribution in [1.82, 2.24) is 9.97 Å². The van der Waals surface area contributed by atoms with Gasteiger partial charge in [-0.15, -0.1) is 0 Å². The number of nitrogens with zero attached hydrogens (tertiary/aromatic N) is 2. The number of fused-ring (bicyclic) bond motifs is 1. The summed E-state index contributed by atoms with van der Waals surface area (Å²) < 4.78 is 5.21. The first-order valence-electron chi connectivity index (χ1n) is 6.30. The van der Waals surface area contributed by atoms with Gasteiger partial charge in [0.25, 0.3) is 0 Å². The summed E-state index contributed by atoms with van der Waals surface area (Å²) in [6.07, 6.45) is 1.33. The van der Waals surface area contributed by atoms with Crippen LogP contribution in [0.25, 0.3) is 22.2 Å². The lowest BCUT2D eigenvalue weighted by Gasteiger charge is -2.09. The molecule has 0 aliphatic heterocycles. The summed E-state index contributed by atoms with van der Waals surface area (Å²) in [5.41, 5.74) is 11.6. The van der Waals surface area contributed by atoms with Crippen LogP contribution in [0, 0.1) is 0 Å². The fraction of sp³-hybridized carbons (Fsp3) is 0. The number of aromatic carboxylic acids is 2. The minimum atomic E-state index is -1.34. The highest BCUT2D eigenvalue weighted by Gasteiger charge is 2.20. The van der Waals surface area contributed by atoms with E-state index in [0.717, 1.165) is 0 Å². The lowest BCUT2D eigenvalue weighted by atomic mass is 10.0. The topological polar surface area (TPSA) is 166 Å². The monoisotopic (exact) mass is 314 g/mol. The van der Waals surface area contributed by atoms with Crippen molar-refractivity contribution in [2.45, 2.75) is 0 Å². The van der Waals surface area contributed by atoms with E-state index in [9.17, 15) is 9.59 Å². The predicted octanol–water partition coefficient (Wildman–Crippen LogP) is 1.45. The fourth-order valence-corrected chi connectivity index (χ4v) is 2.25. The summed E-state index contributed by atoms with van der Waals surface area (Å²) in [7, 11) is 0. The molecule has 0 spiro atoms. The van der Waals surface area contributed by atoms with Crippen LogP contribution in [-0.2, 0) is 0 Å². The average Bonchev–Trinajstić information content (AvgIpc) is 2.97. The van der Waals surface area contributed by atoms with Crippen molar-refractivity contribution in [2.75, 3.05) is 11.5 Å². The van der Waals surface area contributed by atoms with E-state index in [1.165, 1.54) is 18.4 Å². The number of carboxylic acids is 2. The molecule has 0 bridgehead atoms. The van der Waals surface area contributed by atoms with Crippen molar-refractivity contribution < 1.29 is 24.2 Å². The van der Waals surface area contributed by atoms with Gasteiger partial charge >= 0.3 is 11.9 Å². The van der Waals surface area contributed by atoms with Crippen LogP contribution in [0.15, 0.2) is 28.9 Å². The molecule has 0 amide bonds. The van der Waals surface area contributed by atoms with Crippen molar-refractivity contribution in [2.24, 2.45) is 0 Å². The van der Waals surface area contributed by atoms with Gasteiger partial charge in [-0.05, 0) is 12.1 Å². The summed E-state index contributed by atoms with van der Waals surface area (Å²) in [5.74, 6) is -2.91. The van der Waals surface area contributed by atoms with Gasteiger partial charge in [-0.1, -0.05) is 6.07 Å². The second-order valence-corrected chi connectivity index (χ2v) is 4.63. The van der Waals surface area contributed by atoms with Gasteiger partial charge in [0.05, 0.1) is 6.26 Å². The predicted molar refractivity (Wildman–Crippen MR) is 80.0 cm³/mol. The van der Waals surface area contributed by atoms with Gasteiger partial charge in [0, 0.05) is 10.9 Å². The number of rotatable bonds is 3. The first kappa shape index (κ1) is 14.3. The highest BCUT2D eigenvalue weighted by Crippen LogP contribution is 2.33. The van der Waals surface area contributed by atoms with Crippen molar-refractivity contribution >= 4 is 34.5 Å². The first-order chi connectivity index (χ1) is 10.9. The molecule has 3 rings (SSSR count). The molecular weight excluding hydrogens is 304 g/mol. The number of hydrogen-bond acceptors (Lipinski definition) is 7. The molecule has 0 saturated heterocycles. The SMILES string of the molecule is Nc1nc(-c2ccc(C(=O)O)c3occc23)c(N)nc1C(=O)O. The summed E-state index contributed by atoms with van der Waals surface area (Å²) in [6, 6.07) is 4.38. The number of nitrogen functional groups attached to an aromatic ring is 2. The quantitative estimate of drug-likeness (QED) is 0.559. The van der Waals surface area contributed by atoms with E-state index >= 15 is 0 Å². The maximum Gasteiger partial charge on any atom is 0.358 e. The van der Waals surface area contributed by atoms with Crippen LogP contribution in [0.4, 0.5) is 11.6 Å². The number of hydrogen-bond donors (Lipinski definition) is 4. The van der Waals surface area contributed by atoms with Crippen molar-refractivity contribution in [1.29, 1.82) is 0 Å². The molecule has 0 fully saturated rings. The van der Waals surface area contributed by atoms with Crippen molar-refractivity contribution in [3.8, 4) is 11.3 Å². The summed E-state index contributed by atoms with van der Waals surface area (Å²) in [5, 5.41) is 18.6. The average molecular weight is 314 g/mol. The van der Waals surface area contributed by atoms with Crippen LogP contribution in [0.5, 0.6) is 0 Å². The second kappa shape index (κ2) is 4.98. The Morgan fingerprint density at radius 3 is 2.39 bits per heavy atom. The third-order valence-corrected chi connectivity index (χ3v) is 3.25. The van der Waals surface area contributed by atoms with E-state index < -0.39 is 17.6 Å². The standard InChI is InChI=1S/C14H10N4O5/c15-11-8(17-12(16)9(18-11)14(21)22)5-1-2-7(13(19)20)10-6(5)3-4-23-10/h1-4H,(H2,15,18)(H2,16,17)(H,19,20)(H,21,22). The molecule has 23 heavy (non-hydrogen) atoms. The van der Waals surface area contributed by atoms with Crippen molar-refractivity contribution in [3.63, 3.8) is 0 Å². The van der Waals surface area contributed by atoms with Gasteiger partial charge in [-0.3, -0.25) is 0 Å². The summed E-state index contributed by atoms with van der Waals surface area (Å²) in [4.78, 5) is 29.9.